The Hall–Kier alpha value is -2.03. The van der Waals surface area contributed by atoms with Gasteiger partial charge < -0.3 is 0 Å². The lowest BCUT2D eigenvalue weighted by molar-refractivity contribution is 0.713. The third kappa shape index (κ3) is 2.82. The molecule has 1 aliphatic carbocycles. The number of thiophene rings is 1. The summed E-state index contributed by atoms with van der Waals surface area (Å²) < 4.78 is 4.14. The van der Waals surface area contributed by atoms with Gasteiger partial charge in [-0.3, -0.25) is 0 Å². The topological polar surface area (TPSA) is 56.0 Å². The molecule has 0 atom stereocenters. The van der Waals surface area contributed by atoms with Gasteiger partial charge in [0, 0.05) is 4.88 Å². The summed E-state index contributed by atoms with van der Waals surface area (Å²) in [6.07, 6.45) is 7.99. The highest BCUT2D eigenvalue weighted by Crippen LogP contribution is 2.37. The summed E-state index contributed by atoms with van der Waals surface area (Å²) in [4.78, 5) is 16.9. The van der Waals surface area contributed by atoms with Crippen LogP contribution in [0.25, 0.3) is 26.1 Å². The Morgan fingerprint density at radius 2 is 1.96 bits per heavy atom. The van der Waals surface area contributed by atoms with Gasteiger partial charge in [-0.15, -0.1) is 27.8 Å². The Labute approximate surface area is 173 Å². The standard InChI is InChI=1S/C20H17N5S3/c1-2-6-12-14(8-3-1)27-19-17(12)18-23-16(24-25(18)11-21-19)10-26-20-22-13-7-4-5-9-15(13)28-20/h4-5,7,9,11H,1-3,6,8,10H2. The van der Waals surface area contributed by atoms with Gasteiger partial charge >= 0.3 is 0 Å². The van der Waals surface area contributed by atoms with Gasteiger partial charge in [-0.1, -0.05) is 30.3 Å². The van der Waals surface area contributed by atoms with Crippen molar-refractivity contribution in [1.82, 2.24) is 24.6 Å². The maximum atomic E-state index is 4.90. The second-order valence-electron chi connectivity index (χ2n) is 7.02. The molecular weight excluding hydrogens is 406 g/mol. The van der Waals surface area contributed by atoms with Gasteiger partial charge in [0.1, 0.15) is 11.2 Å². The predicted molar refractivity (Wildman–Crippen MR) is 117 cm³/mol. The molecule has 0 saturated heterocycles. The van der Waals surface area contributed by atoms with Crippen molar-refractivity contribution in [3.63, 3.8) is 0 Å². The molecule has 0 saturated carbocycles. The Balaban J connectivity index is 1.36. The minimum absolute atomic E-state index is 0.718. The first kappa shape index (κ1) is 16.9. The summed E-state index contributed by atoms with van der Waals surface area (Å²) in [6, 6.07) is 8.26. The molecule has 5 nitrogen and oxygen atoms in total. The normalized spacial score (nSPS) is 14.7. The Morgan fingerprint density at radius 1 is 1.04 bits per heavy atom. The van der Waals surface area contributed by atoms with Gasteiger partial charge in [0.15, 0.2) is 15.8 Å². The SMILES string of the molecule is c1ccc2sc(SCc3nc4c5c6c(sc5ncn4n3)CCCCC6)nc2c1. The number of fused-ring (bicyclic) bond motifs is 6. The van der Waals surface area contributed by atoms with E-state index >= 15 is 0 Å². The summed E-state index contributed by atoms with van der Waals surface area (Å²) >= 11 is 5.28. The Kier molecular flexibility index (Phi) is 4.09. The van der Waals surface area contributed by atoms with Crippen LogP contribution in [0, 0.1) is 0 Å². The number of hydrogen-bond donors (Lipinski definition) is 0. The van der Waals surface area contributed by atoms with Crippen LogP contribution in [0.4, 0.5) is 0 Å². The second-order valence-corrected chi connectivity index (χ2v) is 10.4. The molecule has 0 spiro atoms. The third-order valence-corrected chi connectivity index (χ3v) is 8.56. The highest BCUT2D eigenvalue weighted by Gasteiger charge is 2.20. The monoisotopic (exact) mass is 423 g/mol. The minimum atomic E-state index is 0.718. The van der Waals surface area contributed by atoms with Crippen molar-refractivity contribution < 1.29 is 0 Å². The molecule has 5 aromatic rings. The second kappa shape index (κ2) is 6.79. The van der Waals surface area contributed by atoms with Crippen molar-refractivity contribution in [3.05, 3.63) is 46.9 Å². The average molecular weight is 424 g/mol. The number of hydrogen-bond acceptors (Lipinski definition) is 7. The van der Waals surface area contributed by atoms with E-state index in [1.807, 2.05) is 28.2 Å². The molecule has 0 aliphatic heterocycles. The Bertz CT molecular complexity index is 1280. The lowest BCUT2D eigenvalue weighted by atomic mass is 10.1. The van der Waals surface area contributed by atoms with Crippen LogP contribution in [0.2, 0.25) is 0 Å². The van der Waals surface area contributed by atoms with E-state index in [1.54, 1.807) is 23.1 Å². The predicted octanol–water partition coefficient (Wildman–Crippen LogP) is 5.51. The fourth-order valence-electron chi connectivity index (χ4n) is 3.88. The zero-order valence-electron chi connectivity index (χ0n) is 15.1. The van der Waals surface area contributed by atoms with Crippen molar-refractivity contribution in [2.75, 3.05) is 0 Å². The number of aromatic nitrogens is 5. The van der Waals surface area contributed by atoms with Crippen LogP contribution in [0.1, 0.15) is 35.5 Å². The largest absolute Gasteiger partial charge is 0.230 e. The van der Waals surface area contributed by atoms with E-state index in [0.717, 1.165) is 38.3 Å². The molecule has 4 heterocycles. The zero-order chi connectivity index (χ0) is 18.5. The van der Waals surface area contributed by atoms with Gasteiger partial charge in [-0.25, -0.2) is 19.5 Å². The van der Waals surface area contributed by atoms with E-state index in [9.17, 15) is 0 Å². The molecule has 0 N–H and O–H groups in total. The van der Waals surface area contributed by atoms with Crippen molar-refractivity contribution in [1.29, 1.82) is 0 Å². The molecule has 6 rings (SSSR count). The summed E-state index contributed by atoms with van der Waals surface area (Å²) in [7, 11) is 0. The van der Waals surface area contributed by atoms with Crippen LogP contribution in [-0.2, 0) is 18.6 Å². The Morgan fingerprint density at radius 3 is 2.93 bits per heavy atom. The molecule has 4 aromatic heterocycles. The van der Waals surface area contributed by atoms with E-state index in [-0.39, 0.29) is 0 Å². The summed E-state index contributed by atoms with van der Waals surface area (Å²) in [6.45, 7) is 0. The first-order valence-corrected chi connectivity index (χ1v) is 12.1. The molecule has 0 fully saturated rings. The van der Waals surface area contributed by atoms with Crippen LogP contribution in [0.5, 0.6) is 0 Å². The highest BCUT2D eigenvalue weighted by molar-refractivity contribution is 8.00. The lowest BCUT2D eigenvalue weighted by Crippen LogP contribution is -1.92. The fourth-order valence-corrected chi connectivity index (χ4v) is 7.02. The quantitative estimate of drug-likeness (QED) is 0.283. The van der Waals surface area contributed by atoms with Crippen molar-refractivity contribution in [2.45, 2.75) is 42.2 Å². The van der Waals surface area contributed by atoms with Crippen LogP contribution < -0.4 is 0 Å². The molecule has 0 bridgehead atoms. The van der Waals surface area contributed by atoms with Gasteiger partial charge in [0.25, 0.3) is 0 Å². The molecule has 0 amide bonds. The number of nitrogens with zero attached hydrogens (tertiary/aromatic N) is 5. The van der Waals surface area contributed by atoms with Crippen molar-refractivity contribution in [3.8, 4) is 0 Å². The molecule has 28 heavy (non-hydrogen) atoms. The van der Waals surface area contributed by atoms with E-state index in [4.69, 9.17) is 9.97 Å². The number of thiazole rings is 1. The molecule has 1 aromatic carbocycles. The van der Waals surface area contributed by atoms with Crippen LogP contribution in [-0.4, -0.2) is 24.6 Å². The first-order valence-electron chi connectivity index (χ1n) is 9.48. The van der Waals surface area contributed by atoms with Crippen LogP contribution in [0.3, 0.4) is 0 Å². The molecule has 0 radical (unpaired) electrons. The average Bonchev–Trinajstić information content (AvgIpc) is 3.36. The van der Waals surface area contributed by atoms with Gasteiger partial charge in [-0.05, 0) is 43.4 Å². The van der Waals surface area contributed by atoms with E-state index in [1.165, 1.54) is 46.2 Å². The van der Waals surface area contributed by atoms with Gasteiger partial charge in [0.05, 0.1) is 21.4 Å². The van der Waals surface area contributed by atoms with Crippen LogP contribution in [0.15, 0.2) is 34.9 Å². The molecule has 140 valence electrons. The van der Waals surface area contributed by atoms with Crippen LogP contribution >= 0.6 is 34.4 Å². The number of rotatable bonds is 3. The van der Waals surface area contributed by atoms with E-state index in [2.05, 4.69) is 28.3 Å². The fraction of sp³-hybridized carbons (Fsp3) is 0.300. The number of thioether (sulfide) groups is 1. The number of aryl methyl sites for hydroxylation is 2. The van der Waals surface area contributed by atoms with E-state index in [0.29, 0.717) is 0 Å². The molecule has 8 heteroatoms. The minimum Gasteiger partial charge on any atom is -0.230 e. The third-order valence-electron chi connectivity index (χ3n) is 5.18. The molecule has 0 unspecified atom stereocenters. The van der Waals surface area contributed by atoms with Crippen molar-refractivity contribution in [2.24, 2.45) is 0 Å². The molecular formula is C20H17N5S3. The smallest absolute Gasteiger partial charge is 0.167 e. The molecule has 1 aliphatic rings. The van der Waals surface area contributed by atoms with E-state index < -0.39 is 0 Å². The summed E-state index contributed by atoms with van der Waals surface area (Å²) in [5.41, 5.74) is 3.49. The lowest BCUT2D eigenvalue weighted by Gasteiger charge is -1.98. The number of para-hydroxylation sites is 1. The maximum Gasteiger partial charge on any atom is 0.167 e. The summed E-state index contributed by atoms with van der Waals surface area (Å²) in [5.74, 6) is 1.56. The van der Waals surface area contributed by atoms with Crippen molar-refractivity contribution >= 4 is 60.5 Å². The summed E-state index contributed by atoms with van der Waals surface area (Å²) in [5, 5.41) is 5.92. The van der Waals surface area contributed by atoms with Gasteiger partial charge in [-0.2, -0.15) is 0 Å². The zero-order valence-corrected chi connectivity index (χ0v) is 17.5. The highest BCUT2D eigenvalue weighted by atomic mass is 32.2. The van der Waals surface area contributed by atoms with Gasteiger partial charge in [0.2, 0.25) is 0 Å². The first-order chi connectivity index (χ1) is 13.8. The number of benzene rings is 1. The maximum absolute atomic E-state index is 4.90.